The molecule has 0 radical (unpaired) electrons. The van der Waals surface area contributed by atoms with Crippen LogP contribution in [-0.4, -0.2) is 23.7 Å². The number of nitrogens with one attached hydrogen (secondary N) is 2. The van der Waals surface area contributed by atoms with Gasteiger partial charge in [-0.15, -0.1) is 0 Å². The lowest BCUT2D eigenvalue weighted by molar-refractivity contribution is -0.383. The topological polar surface area (TPSA) is 102 Å². The number of ether oxygens (including phenoxy) is 1. The van der Waals surface area contributed by atoms with Crippen LogP contribution in [0.1, 0.15) is 5.56 Å². The first-order chi connectivity index (χ1) is 11.5. The molecular formula is C16H18N4O3S. The Morgan fingerprint density at radius 2 is 2.00 bits per heavy atom. The van der Waals surface area contributed by atoms with Crippen LogP contribution in [0, 0.1) is 10.1 Å². The first-order valence-electron chi connectivity index (χ1n) is 7.21. The number of nitrogens with two attached hydrogens (primary N) is 1. The summed E-state index contributed by atoms with van der Waals surface area (Å²) < 4.78 is 5.11. The number of hydrogen-bond donors (Lipinski definition) is 3. The SMILES string of the molecule is COc1ccc(CCNC(=S)Nc2ccc(N)c([N+](=O)[O-])c2)cc1. The largest absolute Gasteiger partial charge is 0.497 e. The average molecular weight is 346 g/mol. The summed E-state index contributed by atoms with van der Waals surface area (Å²) in [7, 11) is 1.63. The van der Waals surface area contributed by atoms with Crippen LogP contribution < -0.4 is 21.1 Å². The average Bonchev–Trinajstić information content (AvgIpc) is 2.57. The molecule has 0 bridgehead atoms. The molecule has 2 aromatic rings. The lowest BCUT2D eigenvalue weighted by Gasteiger charge is -2.11. The molecule has 0 saturated heterocycles. The number of nitro groups is 1. The van der Waals surface area contributed by atoms with Gasteiger partial charge in [0.2, 0.25) is 0 Å². The van der Waals surface area contributed by atoms with Crippen molar-refractivity contribution in [3.05, 3.63) is 58.1 Å². The monoisotopic (exact) mass is 346 g/mol. The molecule has 0 aliphatic rings. The predicted octanol–water partition coefficient (Wildman–Crippen LogP) is 2.71. The zero-order chi connectivity index (χ0) is 17.5. The van der Waals surface area contributed by atoms with Crippen molar-refractivity contribution in [3.63, 3.8) is 0 Å². The van der Waals surface area contributed by atoms with E-state index in [2.05, 4.69) is 10.6 Å². The van der Waals surface area contributed by atoms with Crippen LogP contribution in [0.25, 0.3) is 0 Å². The van der Waals surface area contributed by atoms with Gasteiger partial charge < -0.3 is 21.1 Å². The zero-order valence-corrected chi connectivity index (χ0v) is 13.9. The summed E-state index contributed by atoms with van der Waals surface area (Å²) in [5.74, 6) is 0.814. The highest BCUT2D eigenvalue weighted by molar-refractivity contribution is 7.80. The minimum absolute atomic E-state index is 0.115. The van der Waals surface area contributed by atoms with E-state index >= 15 is 0 Å². The highest BCUT2D eigenvalue weighted by atomic mass is 32.1. The number of rotatable bonds is 6. The second-order valence-electron chi connectivity index (χ2n) is 5.01. The first kappa shape index (κ1) is 17.5. The van der Waals surface area contributed by atoms with Crippen molar-refractivity contribution in [2.45, 2.75) is 6.42 Å². The van der Waals surface area contributed by atoms with E-state index in [1.165, 1.54) is 12.1 Å². The summed E-state index contributed by atoms with van der Waals surface area (Å²) in [6.45, 7) is 0.634. The fourth-order valence-electron chi connectivity index (χ4n) is 2.07. The maximum atomic E-state index is 10.9. The van der Waals surface area contributed by atoms with Crippen molar-refractivity contribution in [3.8, 4) is 5.75 Å². The molecule has 0 heterocycles. The Morgan fingerprint density at radius 1 is 1.29 bits per heavy atom. The number of nitro benzene ring substituents is 1. The van der Waals surface area contributed by atoms with E-state index in [4.69, 9.17) is 22.7 Å². The van der Waals surface area contributed by atoms with Gasteiger partial charge in [0.25, 0.3) is 5.69 Å². The number of benzene rings is 2. The number of nitrogens with zero attached hydrogens (tertiary/aromatic N) is 1. The lowest BCUT2D eigenvalue weighted by atomic mass is 10.1. The molecule has 0 fully saturated rings. The van der Waals surface area contributed by atoms with E-state index < -0.39 is 4.92 Å². The number of hydrogen-bond acceptors (Lipinski definition) is 5. The van der Waals surface area contributed by atoms with E-state index in [9.17, 15) is 10.1 Å². The van der Waals surface area contributed by atoms with Crippen molar-refractivity contribution in [2.24, 2.45) is 0 Å². The standard InChI is InChI=1S/C16H18N4O3S/c1-23-13-5-2-11(3-6-13)8-9-18-16(24)19-12-4-7-14(17)15(10-12)20(21)22/h2-7,10H,8-9,17H2,1H3,(H2,18,19,24). The van der Waals surface area contributed by atoms with Crippen molar-refractivity contribution >= 4 is 34.4 Å². The second kappa shape index (κ2) is 8.11. The summed E-state index contributed by atoms with van der Waals surface area (Å²) in [6.07, 6.45) is 0.785. The molecule has 24 heavy (non-hydrogen) atoms. The molecule has 126 valence electrons. The summed E-state index contributed by atoms with van der Waals surface area (Å²) in [5, 5.41) is 17.2. The third kappa shape index (κ3) is 4.82. The van der Waals surface area contributed by atoms with Crippen LogP contribution >= 0.6 is 12.2 Å². The molecule has 0 saturated carbocycles. The minimum Gasteiger partial charge on any atom is -0.497 e. The van der Waals surface area contributed by atoms with Gasteiger partial charge >= 0.3 is 0 Å². The molecule has 7 nitrogen and oxygen atoms in total. The van der Waals surface area contributed by atoms with Crippen LogP contribution in [0.2, 0.25) is 0 Å². The summed E-state index contributed by atoms with van der Waals surface area (Å²) in [6, 6.07) is 12.2. The van der Waals surface area contributed by atoms with Gasteiger partial charge in [-0.3, -0.25) is 10.1 Å². The molecule has 2 aromatic carbocycles. The smallest absolute Gasteiger partial charge is 0.294 e. The number of anilines is 2. The molecule has 0 aliphatic carbocycles. The molecule has 0 unspecified atom stereocenters. The Labute approximate surface area is 145 Å². The van der Waals surface area contributed by atoms with Crippen LogP contribution in [-0.2, 0) is 6.42 Å². The molecule has 0 amide bonds. The van der Waals surface area contributed by atoms with Crippen LogP contribution in [0.4, 0.5) is 17.1 Å². The minimum atomic E-state index is -0.527. The Kier molecular flexibility index (Phi) is 5.91. The van der Waals surface area contributed by atoms with Gasteiger partial charge in [0.1, 0.15) is 11.4 Å². The fourth-order valence-corrected chi connectivity index (χ4v) is 2.29. The molecule has 0 aromatic heterocycles. The number of thiocarbonyl (C=S) groups is 1. The predicted molar refractivity (Wildman–Crippen MR) is 98.4 cm³/mol. The summed E-state index contributed by atoms with van der Waals surface area (Å²) in [5.41, 5.74) is 7.18. The molecule has 2 rings (SSSR count). The normalized spacial score (nSPS) is 10.0. The summed E-state index contributed by atoms with van der Waals surface area (Å²) in [4.78, 5) is 10.3. The van der Waals surface area contributed by atoms with Crippen molar-refractivity contribution < 1.29 is 9.66 Å². The molecular weight excluding hydrogens is 328 g/mol. The van der Waals surface area contributed by atoms with Gasteiger partial charge in [-0.1, -0.05) is 12.1 Å². The Hall–Kier alpha value is -2.87. The van der Waals surface area contributed by atoms with Gasteiger partial charge in [-0.25, -0.2) is 0 Å². The fraction of sp³-hybridized carbons (Fsp3) is 0.188. The quantitative estimate of drug-likeness (QED) is 0.320. The van der Waals surface area contributed by atoms with Crippen molar-refractivity contribution in [1.82, 2.24) is 5.32 Å². The van der Waals surface area contributed by atoms with Gasteiger partial charge in [0, 0.05) is 18.3 Å². The van der Waals surface area contributed by atoms with Gasteiger partial charge in [-0.2, -0.15) is 0 Å². The number of nitrogen functional groups attached to an aromatic ring is 1. The zero-order valence-electron chi connectivity index (χ0n) is 13.1. The van der Waals surface area contributed by atoms with Gasteiger partial charge in [0.05, 0.1) is 12.0 Å². The van der Waals surface area contributed by atoms with E-state index in [1.54, 1.807) is 13.2 Å². The van der Waals surface area contributed by atoms with Crippen molar-refractivity contribution in [1.29, 1.82) is 0 Å². The van der Waals surface area contributed by atoms with E-state index in [-0.39, 0.29) is 11.4 Å². The highest BCUT2D eigenvalue weighted by Crippen LogP contribution is 2.24. The summed E-state index contributed by atoms with van der Waals surface area (Å²) >= 11 is 5.19. The van der Waals surface area contributed by atoms with E-state index in [0.717, 1.165) is 17.7 Å². The highest BCUT2D eigenvalue weighted by Gasteiger charge is 2.12. The molecule has 8 heteroatoms. The van der Waals surface area contributed by atoms with E-state index in [1.807, 2.05) is 24.3 Å². The van der Waals surface area contributed by atoms with Crippen LogP contribution in [0.3, 0.4) is 0 Å². The van der Waals surface area contributed by atoms with Crippen molar-refractivity contribution in [2.75, 3.05) is 24.7 Å². The van der Waals surface area contributed by atoms with Gasteiger partial charge in [-0.05, 0) is 48.5 Å². The maximum absolute atomic E-state index is 10.9. The van der Waals surface area contributed by atoms with E-state index in [0.29, 0.717) is 17.3 Å². The Bertz CT molecular complexity index is 735. The molecule has 0 spiro atoms. The van der Waals surface area contributed by atoms with Crippen LogP contribution in [0.5, 0.6) is 5.75 Å². The molecule has 0 atom stereocenters. The van der Waals surface area contributed by atoms with Crippen LogP contribution in [0.15, 0.2) is 42.5 Å². The second-order valence-corrected chi connectivity index (χ2v) is 5.42. The maximum Gasteiger partial charge on any atom is 0.294 e. The van der Waals surface area contributed by atoms with Gasteiger partial charge in [0.15, 0.2) is 5.11 Å². The molecule has 0 aliphatic heterocycles. The Morgan fingerprint density at radius 3 is 2.62 bits per heavy atom. The Balaban J connectivity index is 1.84. The third-order valence-corrected chi connectivity index (χ3v) is 3.59. The third-order valence-electron chi connectivity index (χ3n) is 3.34. The molecule has 4 N–H and O–H groups in total. The first-order valence-corrected chi connectivity index (χ1v) is 7.62. The lowest BCUT2D eigenvalue weighted by Crippen LogP contribution is -2.30. The number of methoxy groups -OCH3 is 1.